The maximum Gasteiger partial charge on any atom is 0.227 e. The third-order valence-corrected chi connectivity index (χ3v) is 8.93. The first-order valence-electron chi connectivity index (χ1n) is 7.12. The summed E-state index contributed by atoms with van der Waals surface area (Å²) in [5.41, 5.74) is 6.75. The summed E-state index contributed by atoms with van der Waals surface area (Å²) in [6.07, 6.45) is 2.07. The first-order chi connectivity index (χ1) is 9.10. The third-order valence-electron chi connectivity index (χ3n) is 4.40. The molecule has 1 aromatic heterocycles. The van der Waals surface area contributed by atoms with Gasteiger partial charge in [-0.05, 0) is 25.1 Å². The van der Waals surface area contributed by atoms with E-state index in [0.29, 0.717) is 17.9 Å². The molecule has 5 nitrogen and oxygen atoms in total. The SMILES string of the molecule is Cc1cnc(N2CC(O[Si](C)(C)C(C)(C)C)C2)nc1N. The van der Waals surface area contributed by atoms with Crippen LogP contribution in [0.5, 0.6) is 0 Å². The van der Waals surface area contributed by atoms with E-state index >= 15 is 0 Å². The highest BCUT2D eigenvalue weighted by atomic mass is 28.4. The zero-order chi connectivity index (χ0) is 15.1. The number of nitrogens with zero attached hydrogens (tertiary/aromatic N) is 3. The Morgan fingerprint density at radius 2 is 1.95 bits per heavy atom. The molecule has 1 aliphatic rings. The predicted octanol–water partition coefficient (Wildman–Crippen LogP) is 2.58. The summed E-state index contributed by atoms with van der Waals surface area (Å²) < 4.78 is 6.35. The van der Waals surface area contributed by atoms with E-state index < -0.39 is 8.32 Å². The molecule has 0 bridgehead atoms. The molecule has 112 valence electrons. The molecule has 6 heteroatoms. The normalized spacial score (nSPS) is 17.2. The van der Waals surface area contributed by atoms with Crippen LogP contribution in [-0.4, -0.2) is 37.5 Å². The van der Waals surface area contributed by atoms with E-state index in [1.54, 1.807) is 6.20 Å². The van der Waals surface area contributed by atoms with Crippen molar-refractivity contribution in [2.24, 2.45) is 0 Å². The largest absolute Gasteiger partial charge is 0.410 e. The summed E-state index contributed by atoms with van der Waals surface area (Å²) in [5, 5.41) is 0.248. The molecule has 0 unspecified atom stereocenters. The molecule has 1 aliphatic heterocycles. The van der Waals surface area contributed by atoms with Crippen molar-refractivity contribution in [3.63, 3.8) is 0 Å². The Morgan fingerprint density at radius 3 is 2.45 bits per heavy atom. The van der Waals surface area contributed by atoms with Crippen molar-refractivity contribution in [1.29, 1.82) is 0 Å². The van der Waals surface area contributed by atoms with E-state index in [1.165, 1.54) is 0 Å². The molecule has 2 rings (SSSR count). The monoisotopic (exact) mass is 294 g/mol. The van der Waals surface area contributed by atoms with Crippen LogP contribution in [0, 0.1) is 6.92 Å². The lowest BCUT2D eigenvalue weighted by molar-refractivity contribution is 0.148. The molecule has 1 fully saturated rings. The van der Waals surface area contributed by atoms with E-state index in [4.69, 9.17) is 10.2 Å². The van der Waals surface area contributed by atoms with Gasteiger partial charge in [-0.1, -0.05) is 20.8 Å². The van der Waals surface area contributed by atoms with E-state index in [2.05, 4.69) is 48.7 Å². The molecule has 0 amide bonds. The fourth-order valence-electron chi connectivity index (χ4n) is 1.87. The van der Waals surface area contributed by atoms with Crippen molar-refractivity contribution in [2.75, 3.05) is 23.7 Å². The maximum atomic E-state index is 6.35. The quantitative estimate of drug-likeness (QED) is 0.868. The highest BCUT2D eigenvalue weighted by molar-refractivity contribution is 6.74. The molecule has 2 N–H and O–H groups in total. The van der Waals surface area contributed by atoms with Gasteiger partial charge in [0.25, 0.3) is 0 Å². The Balaban J connectivity index is 1.93. The Morgan fingerprint density at radius 1 is 1.35 bits per heavy atom. The van der Waals surface area contributed by atoms with Crippen LogP contribution < -0.4 is 10.6 Å². The zero-order valence-corrected chi connectivity index (χ0v) is 14.4. The second kappa shape index (κ2) is 5.00. The predicted molar refractivity (Wildman–Crippen MR) is 85.5 cm³/mol. The van der Waals surface area contributed by atoms with E-state index in [1.807, 2.05) is 6.92 Å². The van der Waals surface area contributed by atoms with Gasteiger partial charge in [0.2, 0.25) is 5.95 Å². The van der Waals surface area contributed by atoms with Crippen LogP contribution in [0.2, 0.25) is 18.1 Å². The topological polar surface area (TPSA) is 64.3 Å². The lowest BCUT2D eigenvalue weighted by Gasteiger charge is -2.46. The lowest BCUT2D eigenvalue weighted by atomic mass is 10.2. The van der Waals surface area contributed by atoms with Crippen molar-refractivity contribution < 1.29 is 4.43 Å². The van der Waals surface area contributed by atoms with Crippen LogP contribution in [-0.2, 0) is 4.43 Å². The van der Waals surface area contributed by atoms with Crippen molar-refractivity contribution in [3.05, 3.63) is 11.8 Å². The molecule has 0 aromatic carbocycles. The summed E-state index contributed by atoms with van der Waals surface area (Å²) in [6.45, 7) is 15.0. The number of hydrogen-bond donors (Lipinski definition) is 1. The summed E-state index contributed by atoms with van der Waals surface area (Å²) >= 11 is 0. The molecule has 0 spiro atoms. The van der Waals surface area contributed by atoms with Crippen molar-refractivity contribution in [1.82, 2.24) is 9.97 Å². The second-order valence-corrected chi connectivity index (χ2v) is 11.9. The average molecular weight is 294 g/mol. The van der Waals surface area contributed by atoms with Crippen LogP contribution >= 0.6 is 0 Å². The maximum absolute atomic E-state index is 6.35. The van der Waals surface area contributed by atoms with Gasteiger partial charge in [-0.3, -0.25) is 0 Å². The molecule has 0 aliphatic carbocycles. The molecule has 1 saturated heterocycles. The van der Waals surface area contributed by atoms with Gasteiger partial charge >= 0.3 is 0 Å². The summed E-state index contributed by atoms with van der Waals surface area (Å²) in [7, 11) is -1.68. The van der Waals surface area contributed by atoms with Gasteiger partial charge in [-0.2, -0.15) is 4.98 Å². The van der Waals surface area contributed by atoms with Gasteiger partial charge in [0.1, 0.15) is 5.82 Å². The Hall–Kier alpha value is -1.14. The number of hydrogen-bond acceptors (Lipinski definition) is 5. The minimum atomic E-state index is -1.68. The number of aryl methyl sites for hydroxylation is 1. The van der Waals surface area contributed by atoms with Crippen LogP contribution in [0.1, 0.15) is 26.3 Å². The molecule has 20 heavy (non-hydrogen) atoms. The number of rotatable bonds is 3. The summed E-state index contributed by atoms with van der Waals surface area (Å²) in [4.78, 5) is 10.8. The van der Waals surface area contributed by atoms with Gasteiger partial charge in [0.05, 0.1) is 6.10 Å². The van der Waals surface area contributed by atoms with Crippen LogP contribution in [0.3, 0.4) is 0 Å². The summed E-state index contributed by atoms with van der Waals surface area (Å²) in [5.74, 6) is 1.27. The number of aromatic nitrogens is 2. The highest BCUT2D eigenvalue weighted by Gasteiger charge is 2.42. The van der Waals surface area contributed by atoms with Crippen molar-refractivity contribution in [3.8, 4) is 0 Å². The minimum absolute atomic E-state index is 0.248. The van der Waals surface area contributed by atoms with E-state index in [-0.39, 0.29) is 5.04 Å². The number of anilines is 2. The molecule has 0 saturated carbocycles. The molecule has 0 radical (unpaired) electrons. The number of nitrogen functional groups attached to an aromatic ring is 1. The first-order valence-corrected chi connectivity index (χ1v) is 10.0. The van der Waals surface area contributed by atoms with Gasteiger partial charge in [-0.25, -0.2) is 4.98 Å². The molecule has 2 heterocycles. The average Bonchev–Trinajstić information content (AvgIpc) is 2.25. The fraction of sp³-hybridized carbons (Fsp3) is 0.714. The Labute approximate surface area is 122 Å². The standard InChI is InChI=1S/C14H26N4OSi/c1-10-7-16-13(17-12(10)15)18-8-11(9-18)19-20(5,6)14(2,3)4/h7,11H,8-9H2,1-6H3,(H2,15,16,17). The molecular formula is C14H26N4OSi. The molecule has 0 atom stereocenters. The Kier molecular flexibility index (Phi) is 3.81. The van der Waals surface area contributed by atoms with Gasteiger partial charge in [0.15, 0.2) is 8.32 Å². The smallest absolute Gasteiger partial charge is 0.227 e. The fourth-order valence-corrected chi connectivity index (χ4v) is 3.20. The minimum Gasteiger partial charge on any atom is -0.410 e. The summed E-state index contributed by atoms with van der Waals surface area (Å²) in [6, 6.07) is 0. The highest BCUT2D eigenvalue weighted by Crippen LogP contribution is 2.38. The van der Waals surface area contributed by atoms with Crippen molar-refractivity contribution in [2.45, 2.75) is 51.9 Å². The second-order valence-electron chi connectivity index (χ2n) is 7.14. The zero-order valence-electron chi connectivity index (χ0n) is 13.4. The van der Waals surface area contributed by atoms with E-state index in [9.17, 15) is 0 Å². The van der Waals surface area contributed by atoms with E-state index in [0.717, 1.165) is 18.7 Å². The van der Waals surface area contributed by atoms with Crippen LogP contribution in [0.25, 0.3) is 0 Å². The van der Waals surface area contributed by atoms with Gasteiger partial charge < -0.3 is 15.1 Å². The lowest BCUT2D eigenvalue weighted by Crippen LogP contribution is -2.58. The van der Waals surface area contributed by atoms with Gasteiger partial charge in [0, 0.05) is 24.8 Å². The molecule has 1 aromatic rings. The Bertz CT molecular complexity index is 492. The number of nitrogens with two attached hydrogens (primary N) is 1. The van der Waals surface area contributed by atoms with Gasteiger partial charge in [-0.15, -0.1) is 0 Å². The first kappa shape index (κ1) is 15.2. The van der Waals surface area contributed by atoms with Crippen LogP contribution in [0.4, 0.5) is 11.8 Å². The van der Waals surface area contributed by atoms with Crippen molar-refractivity contribution >= 4 is 20.1 Å². The van der Waals surface area contributed by atoms with Crippen LogP contribution in [0.15, 0.2) is 6.20 Å². The molecular weight excluding hydrogens is 268 g/mol. The third kappa shape index (κ3) is 2.96.